The molecular weight excluding hydrogens is 265 g/mol. The molecule has 1 atom stereocenters. The Morgan fingerprint density at radius 3 is 2.65 bits per heavy atom. The Morgan fingerprint density at radius 1 is 1.30 bits per heavy atom. The predicted octanol–water partition coefficient (Wildman–Crippen LogP) is 3.28. The SMILES string of the molecule is CCC1(C)CN(Cc2ccccc2C(F)(F)F)CCN1. The summed E-state index contributed by atoms with van der Waals surface area (Å²) >= 11 is 0. The van der Waals surface area contributed by atoms with E-state index in [-0.39, 0.29) is 5.54 Å². The highest BCUT2D eigenvalue weighted by Crippen LogP contribution is 2.32. The molecule has 0 spiro atoms. The van der Waals surface area contributed by atoms with Crippen molar-refractivity contribution in [3.63, 3.8) is 0 Å². The first kappa shape index (κ1) is 15.3. The third-order valence-corrected chi connectivity index (χ3v) is 4.05. The van der Waals surface area contributed by atoms with Crippen molar-refractivity contribution in [2.45, 2.75) is 38.5 Å². The molecular formula is C15H21F3N2. The van der Waals surface area contributed by atoms with E-state index in [1.807, 2.05) is 0 Å². The van der Waals surface area contributed by atoms with Crippen LogP contribution in [0.2, 0.25) is 0 Å². The lowest BCUT2D eigenvalue weighted by Crippen LogP contribution is -2.58. The minimum absolute atomic E-state index is 0.00851. The van der Waals surface area contributed by atoms with Gasteiger partial charge in [0, 0.05) is 31.7 Å². The number of nitrogens with zero attached hydrogens (tertiary/aromatic N) is 1. The Bertz CT molecular complexity index is 459. The lowest BCUT2D eigenvalue weighted by molar-refractivity contribution is -0.138. The molecule has 1 aliphatic rings. The Balaban J connectivity index is 2.14. The van der Waals surface area contributed by atoms with Gasteiger partial charge in [0.15, 0.2) is 0 Å². The summed E-state index contributed by atoms with van der Waals surface area (Å²) in [6.07, 6.45) is -3.32. The maximum absolute atomic E-state index is 13.0. The van der Waals surface area contributed by atoms with Gasteiger partial charge in [-0.25, -0.2) is 0 Å². The number of alkyl halides is 3. The van der Waals surface area contributed by atoms with Crippen LogP contribution in [0.4, 0.5) is 13.2 Å². The average molecular weight is 286 g/mol. The van der Waals surface area contributed by atoms with E-state index < -0.39 is 11.7 Å². The van der Waals surface area contributed by atoms with Crippen molar-refractivity contribution >= 4 is 0 Å². The molecule has 1 aromatic carbocycles. The van der Waals surface area contributed by atoms with Gasteiger partial charge in [-0.1, -0.05) is 25.1 Å². The van der Waals surface area contributed by atoms with Gasteiger partial charge in [0.2, 0.25) is 0 Å². The van der Waals surface area contributed by atoms with Crippen LogP contribution < -0.4 is 5.32 Å². The van der Waals surface area contributed by atoms with Crippen molar-refractivity contribution in [1.29, 1.82) is 0 Å². The molecule has 1 aliphatic heterocycles. The number of hydrogen-bond acceptors (Lipinski definition) is 2. The van der Waals surface area contributed by atoms with Gasteiger partial charge in [-0.2, -0.15) is 13.2 Å². The van der Waals surface area contributed by atoms with Gasteiger partial charge in [0.1, 0.15) is 0 Å². The van der Waals surface area contributed by atoms with E-state index in [0.29, 0.717) is 12.1 Å². The van der Waals surface area contributed by atoms with Gasteiger partial charge in [-0.05, 0) is 25.0 Å². The number of hydrogen-bond donors (Lipinski definition) is 1. The molecule has 1 fully saturated rings. The van der Waals surface area contributed by atoms with E-state index in [4.69, 9.17) is 0 Å². The van der Waals surface area contributed by atoms with E-state index in [0.717, 1.165) is 32.1 Å². The monoisotopic (exact) mass is 286 g/mol. The largest absolute Gasteiger partial charge is 0.416 e. The molecule has 1 heterocycles. The Labute approximate surface area is 118 Å². The molecule has 0 aromatic heterocycles. The zero-order chi connectivity index (χ0) is 14.8. The van der Waals surface area contributed by atoms with E-state index in [9.17, 15) is 13.2 Å². The third kappa shape index (κ3) is 3.52. The highest BCUT2D eigenvalue weighted by atomic mass is 19.4. The van der Waals surface area contributed by atoms with Crippen molar-refractivity contribution in [3.8, 4) is 0 Å². The second-order valence-corrected chi connectivity index (χ2v) is 5.71. The van der Waals surface area contributed by atoms with Crippen LogP contribution >= 0.6 is 0 Å². The van der Waals surface area contributed by atoms with Crippen LogP contribution in [0.5, 0.6) is 0 Å². The lowest BCUT2D eigenvalue weighted by atomic mass is 9.95. The molecule has 0 saturated carbocycles. The molecule has 1 saturated heterocycles. The highest BCUT2D eigenvalue weighted by molar-refractivity contribution is 5.29. The zero-order valence-corrected chi connectivity index (χ0v) is 11.9. The van der Waals surface area contributed by atoms with Gasteiger partial charge in [-0.3, -0.25) is 4.90 Å². The fourth-order valence-electron chi connectivity index (χ4n) is 2.69. The second kappa shape index (κ2) is 5.74. The summed E-state index contributed by atoms with van der Waals surface area (Å²) in [4.78, 5) is 2.10. The van der Waals surface area contributed by atoms with Crippen LogP contribution in [-0.4, -0.2) is 30.1 Å². The number of rotatable bonds is 3. The van der Waals surface area contributed by atoms with E-state index in [1.54, 1.807) is 12.1 Å². The minimum atomic E-state index is -4.28. The summed E-state index contributed by atoms with van der Waals surface area (Å²) in [6.45, 7) is 6.94. The third-order valence-electron chi connectivity index (χ3n) is 4.05. The summed E-state index contributed by atoms with van der Waals surface area (Å²) in [7, 11) is 0. The molecule has 0 radical (unpaired) electrons. The first-order chi connectivity index (χ1) is 9.34. The fraction of sp³-hybridized carbons (Fsp3) is 0.600. The Hall–Kier alpha value is -1.07. The number of benzene rings is 1. The van der Waals surface area contributed by atoms with E-state index in [1.165, 1.54) is 6.07 Å². The van der Waals surface area contributed by atoms with Gasteiger partial charge < -0.3 is 5.32 Å². The van der Waals surface area contributed by atoms with Crippen LogP contribution in [0.15, 0.2) is 24.3 Å². The molecule has 2 rings (SSSR count). The summed E-state index contributed by atoms with van der Waals surface area (Å²) in [5.41, 5.74) is -0.164. The van der Waals surface area contributed by atoms with Gasteiger partial charge in [0.25, 0.3) is 0 Å². The maximum Gasteiger partial charge on any atom is 0.416 e. The van der Waals surface area contributed by atoms with Gasteiger partial charge >= 0.3 is 6.18 Å². The first-order valence-corrected chi connectivity index (χ1v) is 6.96. The van der Waals surface area contributed by atoms with Crippen molar-refractivity contribution in [1.82, 2.24) is 10.2 Å². The van der Waals surface area contributed by atoms with Crippen molar-refractivity contribution in [3.05, 3.63) is 35.4 Å². The molecule has 1 unspecified atom stereocenters. The van der Waals surface area contributed by atoms with E-state index in [2.05, 4.69) is 24.1 Å². The molecule has 112 valence electrons. The lowest BCUT2D eigenvalue weighted by Gasteiger charge is -2.41. The molecule has 1 N–H and O–H groups in total. The van der Waals surface area contributed by atoms with E-state index >= 15 is 0 Å². The molecule has 0 amide bonds. The molecule has 2 nitrogen and oxygen atoms in total. The quantitative estimate of drug-likeness (QED) is 0.917. The van der Waals surface area contributed by atoms with Crippen molar-refractivity contribution in [2.75, 3.05) is 19.6 Å². The zero-order valence-electron chi connectivity index (χ0n) is 11.9. The van der Waals surface area contributed by atoms with Crippen LogP contribution in [0.1, 0.15) is 31.4 Å². The number of piperazine rings is 1. The van der Waals surface area contributed by atoms with Gasteiger partial charge in [-0.15, -0.1) is 0 Å². The first-order valence-electron chi connectivity index (χ1n) is 6.96. The summed E-state index contributed by atoms with van der Waals surface area (Å²) in [5.74, 6) is 0. The average Bonchev–Trinajstić information content (AvgIpc) is 2.38. The Kier molecular flexibility index (Phi) is 4.39. The molecule has 0 bridgehead atoms. The van der Waals surface area contributed by atoms with Crippen LogP contribution in [0.25, 0.3) is 0 Å². The summed E-state index contributed by atoms with van der Waals surface area (Å²) in [5, 5.41) is 3.44. The molecule has 5 heteroatoms. The topological polar surface area (TPSA) is 15.3 Å². The van der Waals surface area contributed by atoms with Crippen LogP contribution in [0, 0.1) is 0 Å². The maximum atomic E-state index is 13.0. The molecule has 0 aliphatic carbocycles. The molecule has 20 heavy (non-hydrogen) atoms. The van der Waals surface area contributed by atoms with Crippen molar-refractivity contribution < 1.29 is 13.2 Å². The fourth-order valence-corrected chi connectivity index (χ4v) is 2.69. The van der Waals surface area contributed by atoms with Crippen LogP contribution in [0.3, 0.4) is 0 Å². The Morgan fingerprint density at radius 2 is 2.00 bits per heavy atom. The molecule has 1 aromatic rings. The summed E-state index contributed by atoms with van der Waals surface area (Å²) in [6, 6.07) is 5.86. The second-order valence-electron chi connectivity index (χ2n) is 5.71. The number of halogens is 3. The standard InChI is InChI=1S/C15H21F3N2/c1-3-14(2)11-20(9-8-19-14)10-12-6-4-5-7-13(12)15(16,17)18/h4-7,19H,3,8-11H2,1-2H3. The normalized spacial score (nSPS) is 24.9. The number of nitrogens with one attached hydrogen (secondary N) is 1. The summed E-state index contributed by atoms with van der Waals surface area (Å²) < 4.78 is 39.0. The highest BCUT2D eigenvalue weighted by Gasteiger charge is 2.34. The minimum Gasteiger partial charge on any atom is -0.309 e. The van der Waals surface area contributed by atoms with Gasteiger partial charge in [0.05, 0.1) is 5.56 Å². The van der Waals surface area contributed by atoms with Crippen molar-refractivity contribution in [2.24, 2.45) is 0 Å². The van der Waals surface area contributed by atoms with Crippen LogP contribution in [-0.2, 0) is 12.7 Å². The smallest absolute Gasteiger partial charge is 0.309 e. The predicted molar refractivity (Wildman–Crippen MR) is 73.4 cm³/mol.